The summed E-state index contributed by atoms with van der Waals surface area (Å²) in [5, 5.41) is 14.7. The molecule has 1 N–H and O–H groups in total. The zero-order valence-corrected chi connectivity index (χ0v) is 13.3. The van der Waals surface area contributed by atoms with E-state index in [0.29, 0.717) is 0 Å². The molecule has 0 aromatic carbocycles. The predicted molar refractivity (Wildman–Crippen MR) is 82.9 cm³/mol. The van der Waals surface area contributed by atoms with Gasteiger partial charge >= 0.3 is 0 Å². The molecule has 2 rings (SSSR count). The number of carbonyl (C=O) groups excluding carboxylic acids is 1. The van der Waals surface area contributed by atoms with E-state index in [1.54, 1.807) is 16.2 Å². The molecule has 1 heterocycles. The molecule has 1 aliphatic carbocycles. The molecule has 1 saturated carbocycles. The van der Waals surface area contributed by atoms with E-state index in [2.05, 4.69) is 23.8 Å². The van der Waals surface area contributed by atoms with E-state index in [9.17, 15) is 9.90 Å². The van der Waals surface area contributed by atoms with Crippen LogP contribution in [0.1, 0.15) is 51.0 Å². The van der Waals surface area contributed by atoms with E-state index < -0.39 is 5.60 Å². The van der Waals surface area contributed by atoms with Crippen molar-refractivity contribution in [3.63, 3.8) is 0 Å². The fourth-order valence-electron chi connectivity index (χ4n) is 2.93. The van der Waals surface area contributed by atoms with Crippen molar-refractivity contribution in [2.45, 2.75) is 63.5 Å². The zero-order valence-electron chi connectivity index (χ0n) is 12.5. The Balaban J connectivity index is 1.87. The molecule has 0 bridgehead atoms. The van der Waals surface area contributed by atoms with Crippen LogP contribution in [0.15, 0.2) is 16.8 Å². The Morgan fingerprint density at radius 1 is 1.45 bits per heavy atom. The Labute approximate surface area is 125 Å². The molecule has 0 saturated heterocycles. The number of amides is 1. The lowest BCUT2D eigenvalue weighted by Crippen LogP contribution is -2.42. The standard InChI is InChI=1S/C16H25NO2S/c1-13(10-14-6-9-20-12-14)17(2)15(18)11-16(19)7-4-3-5-8-16/h6,9,12-13,19H,3-5,7-8,10-11H2,1-2H3. The lowest BCUT2D eigenvalue weighted by atomic mass is 9.82. The molecule has 1 aromatic heterocycles. The Morgan fingerprint density at radius 3 is 2.75 bits per heavy atom. The third-order valence-corrected chi connectivity index (χ3v) is 5.16. The highest BCUT2D eigenvalue weighted by atomic mass is 32.1. The first-order chi connectivity index (χ1) is 9.50. The number of thiophene rings is 1. The molecular weight excluding hydrogens is 270 g/mol. The van der Waals surface area contributed by atoms with Crippen molar-refractivity contribution in [2.24, 2.45) is 0 Å². The molecule has 4 heteroatoms. The van der Waals surface area contributed by atoms with Crippen LogP contribution in [0.2, 0.25) is 0 Å². The van der Waals surface area contributed by atoms with Crippen LogP contribution in [0.4, 0.5) is 0 Å². The minimum absolute atomic E-state index is 0.0668. The summed E-state index contributed by atoms with van der Waals surface area (Å²) in [5.41, 5.74) is 0.518. The fourth-order valence-corrected chi connectivity index (χ4v) is 3.61. The summed E-state index contributed by atoms with van der Waals surface area (Å²) in [6.45, 7) is 2.07. The van der Waals surface area contributed by atoms with Crippen LogP contribution in [0.5, 0.6) is 0 Å². The van der Waals surface area contributed by atoms with Crippen LogP contribution >= 0.6 is 11.3 Å². The van der Waals surface area contributed by atoms with Gasteiger partial charge in [-0.15, -0.1) is 0 Å². The largest absolute Gasteiger partial charge is 0.389 e. The lowest BCUT2D eigenvalue weighted by molar-refractivity contribution is -0.138. The first-order valence-corrected chi connectivity index (χ1v) is 8.44. The molecule has 1 aromatic rings. The maximum Gasteiger partial charge on any atom is 0.225 e. The molecule has 1 atom stereocenters. The number of hydrogen-bond donors (Lipinski definition) is 1. The van der Waals surface area contributed by atoms with Crippen molar-refractivity contribution in [1.82, 2.24) is 4.90 Å². The van der Waals surface area contributed by atoms with Crippen LogP contribution in [0.25, 0.3) is 0 Å². The molecule has 3 nitrogen and oxygen atoms in total. The number of nitrogens with zero attached hydrogens (tertiary/aromatic N) is 1. The molecular formula is C16H25NO2S. The van der Waals surface area contributed by atoms with E-state index in [1.165, 1.54) is 12.0 Å². The van der Waals surface area contributed by atoms with Crippen molar-refractivity contribution in [2.75, 3.05) is 7.05 Å². The third kappa shape index (κ3) is 4.06. The van der Waals surface area contributed by atoms with Crippen LogP contribution < -0.4 is 0 Å². The van der Waals surface area contributed by atoms with E-state index in [4.69, 9.17) is 0 Å². The second-order valence-corrected chi connectivity index (χ2v) is 6.93. The van der Waals surface area contributed by atoms with Gasteiger partial charge in [-0.25, -0.2) is 0 Å². The zero-order chi connectivity index (χ0) is 14.6. The van der Waals surface area contributed by atoms with Gasteiger partial charge in [-0.1, -0.05) is 19.3 Å². The SMILES string of the molecule is CC(Cc1ccsc1)N(C)C(=O)CC1(O)CCCCC1. The minimum Gasteiger partial charge on any atom is -0.389 e. The molecule has 1 fully saturated rings. The van der Waals surface area contributed by atoms with E-state index in [0.717, 1.165) is 32.1 Å². The summed E-state index contributed by atoms with van der Waals surface area (Å²) in [6.07, 6.45) is 5.95. The molecule has 112 valence electrons. The summed E-state index contributed by atoms with van der Waals surface area (Å²) in [5.74, 6) is 0.0668. The maximum absolute atomic E-state index is 12.4. The number of aliphatic hydroxyl groups is 1. The summed E-state index contributed by atoms with van der Waals surface area (Å²) in [4.78, 5) is 14.2. The predicted octanol–water partition coefficient (Wildman–Crippen LogP) is 3.22. The Kier molecular flexibility index (Phi) is 5.22. The van der Waals surface area contributed by atoms with Gasteiger partial charge in [0.25, 0.3) is 0 Å². The van der Waals surface area contributed by atoms with Crippen LogP contribution in [-0.2, 0) is 11.2 Å². The van der Waals surface area contributed by atoms with Crippen molar-refractivity contribution < 1.29 is 9.90 Å². The topological polar surface area (TPSA) is 40.5 Å². The smallest absolute Gasteiger partial charge is 0.225 e. The summed E-state index contributed by atoms with van der Waals surface area (Å²) in [6, 6.07) is 2.28. The third-order valence-electron chi connectivity index (χ3n) is 4.43. The Hall–Kier alpha value is -0.870. The normalized spacial score (nSPS) is 19.6. The Bertz CT molecular complexity index is 424. The lowest BCUT2D eigenvalue weighted by Gasteiger charge is -2.34. The van der Waals surface area contributed by atoms with E-state index in [1.807, 2.05) is 7.05 Å². The van der Waals surface area contributed by atoms with Gasteiger partial charge in [-0.2, -0.15) is 11.3 Å². The summed E-state index contributed by atoms with van der Waals surface area (Å²) < 4.78 is 0. The second kappa shape index (κ2) is 6.72. The van der Waals surface area contributed by atoms with E-state index >= 15 is 0 Å². The van der Waals surface area contributed by atoms with Crippen molar-refractivity contribution in [3.8, 4) is 0 Å². The van der Waals surface area contributed by atoms with Crippen molar-refractivity contribution in [3.05, 3.63) is 22.4 Å². The number of carbonyl (C=O) groups is 1. The Morgan fingerprint density at radius 2 is 2.15 bits per heavy atom. The monoisotopic (exact) mass is 295 g/mol. The first-order valence-electron chi connectivity index (χ1n) is 7.49. The van der Waals surface area contributed by atoms with Gasteiger partial charge in [0.15, 0.2) is 0 Å². The van der Waals surface area contributed by atoms with Crippen molar-refractivity contribution in [1.29, 1.82) is 0 Å². The summed E-state index contributed by atoms with van der Waals surface area (Å²) >= 11 is 1.69. The first kappa shape index (κ1) is 15.5. The van der Waals surface area contributed by atoms with Gasteiger partial charge in [0, 0.05) is 13.1 Å². The number of rotatable bonds is 5. The highest BCUT2D eigenvalue weighted by Crippen LogP contribution is 2.31. The second-order valence-electron chi connectivity index (χ2n) is 6.15. The van der Waals surface area contributed by atoms with Gasteiger partial charge in [-0.3, -0.25) is 4.79 Å². The molecule has 0 aliphatic heterocycles. The average molecular weight is 295 g/mol. The maximum atomic E-state index is 12.4. The highest BCUT2D eigenvalue weighted by Gasteiger charge is 2.33. The fraction of sp³-hybridized carbons (Fsp3) is 0.688. The van der Waals surface area contributed by atoms with Crippen LogP contribution in [0, 0.1) is 0 Å². The highest BCUT2D eigenvalue weighted by molar-refractivity contribution is 7.07. The van der Waals surface area contributed by atoms with Gasteiger partial charge < -0.3 is 10.0 Å². The van der Waals surface area contributed by atoms with E-state index in [-0.39, 0.29) is 18.4 Å². The summed E-state index contributed by atoms with van der Waals surface area (Å²) in [7, 11) is 1.85. The molecule has 0 radical (unpaired) electrons. The minimum atomic E-state index is -0.758. The molecule has 1 amide bonds. The molecule has 20 heavy (non-hydrogen) atoms. The average Bonchev–Trinajstić information content (AvgIpc) is 2.91. The number of hydrogen-bond acceptors (Lipinski definition) is 3. The van der Waals surface area contributed by atoms with Gasteiger partial charge in [0.2, 0.25) is 5.91 Å². The quantitative estimate of drug-likeness (QED) is 0.906. The van der Waals surface area contributed by atoms with Gasteiger partial charge in [-0.05, 0) is 48.6 Å². The number of likely N-dealkylation sites (N-methyl/N-ethyl adjacent to an activating group) is 1. The van der Waals surface area contributed by atoms with Gasteiger partial charge in [0.05, 0.1) is 12.0 Å². The van der Waals surface area contributed by atoms with Crippen molar-refractivity contribution >= 4 is 17.2 Å². The van der Waals surface area contributed by atoms with Gasteiger partial charge in [0.1, 0.15) is 0 Å². The molecule has 0 spiro atoms. The van der Waals surface area contributed by atoms with Crippen LogP contribution in [0.3, 0.4) is 0 Å². The molecule has 1 unspecified atom stereocenters. The molecule has 1 aliphatic rings. The van der Waals surface area contributed by atoms with Crippen LogP contribution in [-0.4, -0.2) is 34.6 Å².